The standard InChI is InChI=1S/C12H20N4O/c1-15(2)7-4-8-16-12(17)9-11-10(14-16)5-3-6-13-11/h9,13H,3-8H2,1-2H3. The Morgan fingerprint density at radius 3 is 3.12 bits per heavy atom. The minimum absolute atomic E-state index is 0.00286. The first-order valence-electron chi connectivity index (χ1n) is 6.16. The minimum atomic E-state index is -0.00286. The number of fused-ring (bicyclic) bond motifs is 1. The van der Waals surface area contributed by atoms with Crippen molar-refractivity contribution in [3.8, 4) is 0 Å². The lowest BCUT2D eigenvalue weighted by Gasteiger charge is -2.18. The maximum Gasteiger partial charge on any atom is 0.268 e. The second kappa shape index (κ2) is 5.31. The predicted octanol–water partition coefficient (Wildman–Crippen LogP) is 0.553. The molecule has 0 bridgehead atoms. The molecule has 17 heavy (non-hydrogen) atoms. The molecule has 1 aliphatic heterocycles. The van der Waals surface area contributed by atoms with Crippen LogP contribution in [-0.2, 0) is 13.0 Å². The van der Waals surface area contributed by atoms with Crippen molar-refractivity contribution in [3.63, 3.8) is 0 Å². The summed E-state index contributed by atoms with van der Waals surface area (Å²) in [5.41, 5.74) is 1.95. The second-order valence-electron chi connectivity index (χ2n) is 4.75. The number of nitrogens with zero attached hydrogens (tertiary/aromatic N) is 3. The van der Waals surface area contributed by atoms with E-state index in [2.05, 4.69) is 15.3 Å². The molecule has 94 valence electrons. The SMILES string of the molecule is CN(C)CCCn1nc2c(cc1=O)NCCC2. The summed E-state index contributed by atoms with van der Waals surface area (Å²) in [6.07, 6.45) is 3.01. The van der Waals surface area contributed by atoms with E-state index >= 15 is 0 Å². The van der Waals surface area contributed by atoms with Crippen LogP contribution in [0.1, 0.15) is 18.5 Å². The van der Waals surface area contributed by atoms with Crippen molar-refractivity contribution in [2.45, 2.75) is 25.8 Å². The van der Waals surface area contributed by atoms with E-state index in [0.717, 1.165) is 43.7 Å². The molecule has 1 aromatic rings. The molecule has 1 N–H and O–H groups in total. The zero-order chi connectivity index (χ0) is 12.3. The van der Waals surface area contributed by atoms with Crippen LogP contribution in [0.2, 0.25) is 0 Å². The van der Waals surface area contributed by atoms with Crippen molar-refractivity contribution in [2.75, 3.05) is 32.5 Å². The van der Waals surface area contributed by atoms with Crippen LogP contribution in [0.15, 0.2) is 10.9 Å². The highest BCUT2D eigenvalue weighted by molar-refractivity contribution is 5.48. The summed E-state index contributed by atoms with van der Waals surface area (Å²) in [5.74, 6) is 0. The van der Waals surface area contributed by atoms with Gasteiger partial charge in [-0.15, -0.1) is 0 Å². The minimum Gasteiger partial charge on any atom is -0.383 e. The Morgan fingerprint density at radius 1 is 1.53 bits per heavy atom. The van der Waals surface area contributed by atoms with Crippen molar-refractivity contribution in [1.82, 2.24) is 14.7 Å². The van der Waals surface area contributed by atoms with Gasteiger partial charge in [0.1, 0.15) is 0 Å². The lowest BCUT2D eigenvalue weighted by Crippen LogP contribution is -2.28. The maximum atomic E-state index is 11.8. The Hall–Kier alpha value is -1.36. The molecule has 0 radical (unpaired) electrons. The molecule has 5 nitrogen and oxygen atoms in total. The number of rotatable bonds is 4. The van der Waals surface area contributed by atoms with Crippen LogP contribution >= 0.6 is 0 Å². The Morgan fingerprint density at radius 2 is 2.35 bits per heavy atom. The fraction of sp³-hybridized carbons (Fsp3) is 0.667. The Bertz CT molecular complexity index is 439. The van der Waals surface area contributed by atoms with E-state index in [1.807, 2.05) is 14.1 Å². The van der Waals surface area contributed by atoms with Crippen LogP contribution < -0.4 is 10.9 Å². The summed E-state index contributed by atoms with van der Waals surface area (Å²) >= 11 is 0. The zero-order valence-electron chi connectivity index (χ0n) is 10.6. The smallest absolute Gasteiger partial charge is 0.268 e. The highest BCUT2D eigenvalue weighted by Crippen LogP contribution is 2.16. The quantitative estimate of drug-likeness (QED) is 0.829. The predicted molar refractivity (Wildman–Crippen MR) is 68.5 cm³/mol. The van der Waals surface area contributed by atoms with E-state index in [9.17, 15) is 4.79 Å². The normalized spacial score (nSPS) is 14.5. The molecule has 0 aromatic carbocycles. The van der Waals surface area contributed by atoms with E-state index in [4.69, 9.17) is 0 Å². The summed E-state index contributed by atoms with van der Waals surface area (Å²) < 4.78 is 1.59. The van der Waals surface area contributed by atoms with Gasteiger partial charge in [0.05, 0.1) is 11.4 Å². The summed E-state index contributed by atoms with van der Waals surface area (Å²) in [7, 11) is 4.07. The monoisotopic (exact) mass is 236 g/mol. The van der Waals surface area contributed by atoms with E-state index in [1.54, 1.807) is 10.7 Å². The highest BCUT2D eigenvalue weighted by atomic mass is 16.1. The third-order valence-corrected chi connectivity index (χ3v) is 2.96. The van der Waals surface area contributed by atoms with Crippen molar-refractivity contribution < 1.29 is 0 Å². The lowest BCUT2D eigenvalue weighted by atomic mass is 10.1. The number of hydrogen-bond donors (Lipinski definition) is 1. The van der Waals surface area contributed by atoms with Crippen molar-refractivity contribution in [1.29, 1.82) is 0 Å². The van der Waals surface area contributed by atoms with Gasteiger partial charge in [0.2, 0.25) is 0 Å². The van der Waals surface area contributed by atoms with Crippen LogP contribution in [0.25, 0.3) is 0 Å². The fourth-order valence-corrected chi connectivity index (χ4v) is 2.04. The van der Waals surface area contributed by atoms with Gasteiger partial charge < -0.3 is 10.2 Å². The first-order valence-corrected chi connectivity index (χ1v) is 6.16. The van der Waals surface area contributed by atoms with Gasteiger partial charge in [-0.2, -0.15) is 5.10 Å². The van der Waals surface area contributed by atoms with Gasteiger partial charge in [-0.05, 0) is 39.9 Å². The molecule has 0 amide bonds. The first-order chi connectivity index (χ1) is 8.16. The third kappa shape index (κ3) is 3.06. The molecule has 0 unspecified atom stereocenters. The lowest BCUT2D eigenvalue weighted by molar-refractivity contribution is 0.376. The molecule has 0 spiro atoms. The van der Waals surface area contributed by atoms with E-state index < -0.39 is 0 Å². The van der Waals surface area contributed by atoms with Crippen LogP contribution in [0, 0.1) is 0 Å². The topological polar surface area (TPSA) is 50.2 Å². The van der Waals surface area contributed by atoms with Crippen molar-refractivity contribution in [3.05, 3.63) is 22.1 Å². The molecule has 5 heteroatoms. The maximum absolute atomic E-state index is 11.8. The van der Waals surface area contributed by atoms with Gasteiger partial charge >= 0.3 is 0 Å². The Balaban J connectivity index is 2.09. The number of aromatic nitrogens is 2. The van der Waals surface area contributed by atoms with Crippen molar-refractivity contribution >= 4 is 5.69 Å². The third-order valence-electron chi connectivity index (χ3n) is 2.96. The van der Waals surface area contributed by atoms with Gasteiger partial charge in [0, 0.05) is 19.2 Å². The van der Waals surface area contributed by atoms with Crippen molar-refractivity contribution in [2.24, 2.45) is 0 Å². The zero-order valence-corrected chi connectivity index (χ0v) is 10.6. The molecule has 1 aromatic heterocycles. The van der Waals surface area contributed by atoms with Gasteiger partial charge in [-0.25, -0.2) is 4.68 Å². The average molecular weight is 236 g/mol. The van der Waals surface area contributed by atoms with Gasteiger partial charge in [-0.1, -0.05) is 0 Å². The fourth-order valence-electron chi connectivity index (χ4n) is 2.04. The Kier molecular flexibility index (Phi) is 3.78. The van der Waals surface area contributed by atoms with E-state index in [1.165, 1.54) is 0 Å². The molecular weight excluding hydrogens is 216 g/mol. The highest BCUT2D eigenvalue weighted by Gasteiger charge is 2.12. The molecule has 0 aliphatic carbocycles. The average Bonchev–Trinajstić information content (AvgIpc) is 2.29. The van der Waals surface area contributed by atoms with Crippen LogP contribution in [0.5, 0.6) is 0 Å². The molecule has 0 fully saturated rings. The molecule has 0 saturated heterocycles. The molecule has 1 aliphatic rings. The van der Waals surface area contributed by atoms with Gasteiger partial charge in [0.25, 0.3) is 5.56 Å². The van der Waals surface area contributed by atoms with Crippen LogP contribution in [0.3, 0.4) is 0 Å². The molecule has 0 atom stereocenters. The number of nitrogens with one attached hydrogen (secondary N) is 1. The summed E-state index contributed by atoms with van der Waals surface area (Å²) in [4.78, 5) is 13.9. The van der Waals surface area contributed by atoms with Gasteiger partial charge in [-0.3, -0.25) is 4.79 Å². The van der Waals surface area contributed by atoms with Crippen LogP contribution in [0.4, 0.5) is 5.69 Å². The number of hydrogen-bond acceptors (Lipinski definition) is 4. The number of anilines is 1. The molecule has 2 heterocycles. The van der Waals surface area contributed by atoms with Gasteiger partial charge in [0.15, 0.2) is 0 Å². The summed E-state index contributed by atoms with van der Waals surface area (Å²) in [6, 6.07) is 1.68. The first kappa shape index (κ1) is 12.1. The molecule has 0 saturated carbocycles. The van der Waals surface area contributed by atoms with E-state index in [0.29, 0.717) is 6.54 Å². The second-order valence-corrected chi connectivity index (χ2v) is 4.75. The molecular formula is C12H20N4O. The van der Waals surface area contributed by atoms with E-state index in [-0.39, 0.29) is 5.56 Å². The summed E-state index contributed by atoms with van der Waals surface area (Å²) in [5, 5.41) is 7.65. The number of aryl methyl sites for hydroxylation is 2. The Labute approximate surface area is 101 Å². The largest absolute Gasteiger partial charge is 0.383 e. The summed E-state index contributed by atoms with van der Waals surface area (Å²) in [6.45, 7) is 2.62. The molecule has 2 rings (SSSR count). The van der Waals surface area contributed by atoms with Crippen LogP contribution in [-0.4, -0.2) is 41.9 Å².